The van der Waals surface area contributed by atoms with E-state index in [4.69, 9.17) is 10.7 Å². The van der Waals surface area contributed by atoms with Crippen LogP contribution in [0.4, 0.5) is 8.78 Å². The molecule has 1 atom stereocenters. The summed E-state index contributed by atoms with van der Waals surface area (Å²) in [4.78, 5) is 57.2. The Balaban J connectivity index is 1.40. The van der Waals surface area contributed by atoms with E-state index >= 15 is 0 Å². The van der Waals surface area contributed by atoms with Gasteiger partial charge in [0.05, 0.1) is 17.5 Å². The van der Waals surface area contributed by atoms with E-state index < -0.39 is 23.1 Å². The van der Waals surface area contributed by atoms with E-state index in [0.29, 0.717) is 44.7 Å². The molecule has 13 heteroatoms. The van der Waals surface area contributed by atoms with Gasteiger partial charge in [-0.1, -0.05) is 57.5 Å². The second-order valence-electron chi connectivity index (χ2n) is 13.6. The van der Waals surface area contributed by atoms with Gasteiger partial charge in [-0.15, -0.1) is 0 Å². The lowest BCUT2D eigenvalue weighted by Gasteiger charge is -2.40. The molecule has 0 bridgehead atoms. The number of imidazole rings is 1. The summed E-state index contributed by atoms with van der Waals surface area (Å²) < 4.78 is 31.2. The first-order valence-corrected chi connectivity index (χ1v) is 18.5. The molecular formula is C38H48F2N6O4S. The molecule has 274 valence electrons. The molecule has 1 aromatic heterocycles. The third-order valence-electron chi connectivity index (χ3n) is 8.48. The van der Waals surface area contributed by atoms with Gasteiger partial charge in [0.25, 0.3) is 11.8 Å². The maximum Gasteiger partial charge on any atom is 0.253 e. The van der Waals surface area contributed by atoms with Gasteiger partial charge in [0.15, 0.2) is 0 Å². The molecule has 10 nitrogen and oxygen atoms in total. The Kier molecular flexibility index (Phi) is 14.5. The van der Waals surface area contributed by atoms with Crippen LogP contribution in [0.5, 0.6) is 0 Å². The SMILES string of the molecule is CC(C)(C)[C@H](c1nc(-c2cc(F)ccc2F)cn1Cc1ccccc1)N(CCCN)C(=O)CSCCCCCC(=O)NCCN1C(=O)C=CC1=O. The number of thioether (sulfide) groups is 1. The van der Waals surface area contributed by atoms with Crippen molar-refractivity contribution in [2.75, 3.05) is 37.7 Å². The number of aromatic nitrogens is 2. The van der Waals surface area contributed by atoms with E-state index in [-0.39, 0.29) is 53.7 Å². The number of benzene rings is 2. The number of carbonyl (C=O) groups is 4. The average Bonchev–Trinajstić information content (AvgIpc) is 3.64. The van der Waals surface area contributed by atoms with Crippen molar-refractivity contribution < 1.29 is 28.0 Å². The molecule has 4 rings (SSSR count). The molecule has 3 aromatic rings. The first kappa shape index (κ1) is 39.4. The van der Waals surface area contributed by atoms with Crippen LogP contribution in [0, 0.1) is 17.0 Å². The van der Waals surface area contributed by atoms with Crippen LogP contribution in [0.15, 0.2) is 66.9 Å². The lowest BCUT2D eigenvalue weighted by atomic mass is 9.84. The number of nitrogens with one attached hydrogen (secondary N) is 1. The molecule has 0 radical (unpaired) electrons. The van der Waals surface area contributed by atoms with Crippen LogP contribution in [0.25, 0.3) is 11.3 Å². The molecule has 51 heavy (non-hydrogen) atoms. The van der Waals surface area contributed by atoms with Gasteiger partial charge < -0.3 is 20.5 Å². The van der Waals surface area contributed by atoms with Gasteiger partial charge in [0, 0.05) is 56.5 Å². The minimum Gasteiger partial charge on any atom is -0.354 e. The normalized spacial score (nSPS) is 13.6. The summed E-state index contributed by atoms with van der Waals surface area (Å²) in [6.45, 7) is 7.69. The number of nitrogens with two attached hydrogens (primary N) is 1. The summed E-state index contributed by atoms with van der Waals surface area (Å²) in [7, 11) is 0. The van der Waals surface area contributed by atoms with Crippen LogP contribution in [0.1, 0.15) is 70.3 Å². The molecular weight excluding hydrogens is 675 g/mol. The van der Waals surface area contributed by atoms with Gasteiger partial charge in [-0.3, -0.25) is 24.1 Å². The monoisotopic (exact) mass is 722 g/mol. The van der Waals surface area contributed by atoms with Crippen LogP contribution in [0.2, 0.25) is 0 Å². The van der Waals surface area contributed by atoms with Crippen LogP contribution in [0.3, 0.4) is 0 Å². The van der Waals surface area contributed by atoms with Crippen LogP contribution in [-0.4, -0.2) is 80.7 Å². The number of nitrogens with zero attached hydrogens (tertiary/aromatic N) is 4. The highest BCUT2D eigenvalue weighted by atomic mass is 32.2. The highest BCUT2D eigenvalue weighted by molar-refractivity contribution is 7.99. The molecule has 0 unspecified atom stereocenters. The Bertz CT molecular complexity index is 1670. The third-order valence-corrected chi connectivity index (χ3v) is 9.51. The van der Waals surface area contributed by atoms with E-state index in [1.54, 1.807) is 6.20 Å². The van der Waals surface area contributed by atoms with Crippen molar-refractivity contribution in [3.05, 3.63) is 89.9 Å². The second kappa shape index (κ2) is 18.8. The van der Waals surface area contributed by atoms with Crippen LogP contribution < -0.4 is 11.1 Å². The van der Waals surface area contributed by atoms with Gasteiger partial charge in [-0.2, -0.15) is 11.8 Å². The predicted molar refractivity (Wildman–Crippen MR) is 195 cm³/mol. The second-order valence-corrected chi connectivity index (χ2v) is 14.7. The molecule has 0 aliphatic carbocycles. The quantitative estimate of drug-likeness (QED) is 0.124. The number of carbonyl (C=O) groups excluding carboxylic acids is 4. The number of unbranched alkanes of at least 4 members (excludes halogenated alkanes) is 2. The van der Waals surface area contributed by atoms with Crippen LogP contribution in [-0.2, 0) is 25.7 Å². The summed E-state index contributed by atoms with van der Waals surface area (Å²) in [5, 5.41) is 2.75. The third kappa shape index (κ3) is 11.3. The molecule has 1 aliphatic heterocycles. The molecule has 0 fully saturated rings. The average molecular weight is 723 g/mol. The number of imide groups is 1. The van der Waals surface area contributed by atoms with Crippen molar-refractivity contribution in [1.82, 2.24) is 24.7 Å². The Morgan fingerprint density at radius 1 is 1.00 bits per heavy atom. The van der Waals surface area contributed by atoms with E-state index in [2.05, 4.69) is 5.32 Å². The van der Waals surface area contributed by atoms with Gasteiger partial charge >= 0.3 is 0 Å². The fraction of sp³-hybridized carbons (Fsp3) is 0.447. The number of halogens is 2. The van der Waals surface area contributed by atoms with E-state index in [9.17, 15) is 28.0 Å². The lowest BCUT2D eigenvalue weighted by Crippen LogP contribution is -2.44. The smallest absolute Gasteiger partial charge is 0.253 e. The van der Waals surface area contributed by atoms with Crippen molar-refractivity contribution in [3.63, 3.8) is 0 Å². The highest BCUT2D eigenvalue weighted by Gasteiger charge is 2.38. The van der Waals surface area contributed by atoms with Gasteiger partial charge in [0.2, 0.25) is 11.8 Å². The zero-order valence-electron chi connectivity index (χ0n) is 29.6. The van der Waals surface area contributed by atoms with Crippen molar-refractivity contribution in [2.45, 2.75) is 65.5 Å². The fourth-order valence-corrected chi connectivity index (χ4v) is 6.88. The Hall–Kier alpha value is -4.36. The molecule has 4 amide bonds. The standard InChI is InChI=1S/C38H48F2N6O4S/c1-38(2,3)36(37-43-31(29-23-28(39)14-15-30(29)40)25-44(37)24-27-11-6-4-7-12-27)46(20-10-18-41)35(50)26-51-22-9-5-8-13-32(47)42-19-21-45-33(48)16-17-34(45)49/h4,6-7,11-12,14-17,23,25,36H,5,8-10,13,18-22,24,26,41H2,1-3H3,(H,42,47)/t36-/m0/s1. The molecule has 3 N–H and O–H groups in total. The van der Waals surface area contributed by atoms with Gasteiger partial charge in [-0.05, 0) is 60.7 Å². The van der Waals surface area contributed by atoms with Gasteiger partial charge in [-0.25, -0.2) is 13.8 Å². The summed E-state index contributed by atoms with van der Waals surface area (Å²) in [5.41, 5.74) is 6.78. The highest BCUT2D eigenvalue weighted by Crippen LogP contribution is 2.40. The molecule has 0 spiro atoms. The zero-order chi connectivity index (χ0) is 37.0. The van der Waals surface area contributed by atoms with E-state index in [1.807, 2.05) is 60.6 Å². The maximum absolute atomic E-state index is 15.0. The summed E-state index contributed by atoms with van der Waals surface area (Å²) in [5.74, 6) is -0.548. The fourth-order valence-electron chi connectivity index (χ4n) is 5.99. The molecule has 0 saturated heterocycles. The summed E-state index contributed by atoms with van der Waals surface area (Å²) in [6, 6.07) is 12.6. The Morgan fingerprint density at radius 3 is 2.41 bits per heavy atom. The van der Waals surface area contributed by atoms with Crippen molar-refractivity contribution in [2.24, 2.45) is 11.1 Å². The number of hydrogen-bond donors (Lipinski definition) is 2. The number of rotatable bonds is 19. The Labute approximate surface area is 302 Å². The van der Waals surface area contributed by atoms with Gasteiger partial charge in [0.1, 0.15) is 17.5 Å². The lowest BCUT2D eigenvalue weighted by molar-refractivity contribution is -0.137. The van der Waals surface area contributed by atoms with E-state index in [0.717, 1.165) is 47.3 Å². The first-order chi connectivity index (χ1) is 24.4. The molecule has 2 heterocycles. The maximum atomic E-state index is 15.0. The Morgan fingerprint density at radius 2 is 1.73 bits per heavy atom. The zero-order valence-corrected chi connectivity index (χ0v) is 30.4. The van der Waals surface area contributed by atoms with Crippen molar-refractivity contribution >= 4 is 35.4 Å². The van der Waals surface area contributed by atoms with Crippen molar-refractivity contribution in [3.8, 4) is 11.3 Å². The van der Waals surface area contributed by atoms with Crippen molar-refractivity contribution in [1.29, 1.82) is 0 Å². The predicted octanol–water partition coefficient (Wildman–Crippen LogP) is 5.48. The minimum atomic E-state index is -0.585. The molecule has 2 aromatic carbocycles. The van der Waals surface area contributed by atoms with E-state index in [1.165, 1.54) is 23.9 Å². The molecule has 1 aliphatic rings. The molecule has 0 saturated carbocycles. The number of hydrogen-bond acceptors (Lipinski definition) is 7. The largest absolute Gasteiger partial charge is 0.354 e. The summed E-state index contributed by atoms with van der Waals surface area (Å²) in [6.07, 6.45) is 7.38. The number of amides is 4. The minimum absolute atomic E-state index is 0.0520. The summed E-state index contributed by atoms with van der Waals surface area (Å²) >= 11 is 1.53. The first-order valence-electron chi connectivity index (χ1n) is 17.3. The topological polar surface area (TPSA) is 131 Å². The van der Waals surface area contributed by atoms with Crippen LogP contribution >= 0.6 is 11.8 Å².